The molecule has 0 aliphatic carbocycles. The van der Waals surface area contributed by atoms with Gasteiger partial charge in [-0.05, 0) is 7.05 Å². The first-order chi connectivity index (χ1) is 5.77. The highest BCUT2D eigenvalue weighted by atomic mass is 15.4. The minimum Gasteiger partial charge on any atom is -0.339 e. The Balaban J connectivity index is 2.43. The molecule has 5 nitrogen and oxygen atoms in total. The quantitative estimate of drug-likeness (QED) is 0.205. The minimum absolute atomic E-state index is 0.781. The van der Waals surface area contributed by atoms with Gasteiger partial charge >= 0.3 is 0 Å². The van der Waals surface area contributed by atoms with Crippen molar-refractivity contribution in [2.75, 3.05) is 40.3 Å². The molecular formula is C7H17N5. The molecule has 1 fully saturated rings. The zero-order chi connectivity index (χ0) is 8.97. The Hall–Kier alpha value is -0.810. The molecule has 0 amide bonds. The SMILES string of the molecule is CN=C(NN)N1CCN(C)CC1. The number of nitrogens with one attached hydrogen (secondary N) is 1. The largest absolute Gasteiger partial charge is 0.339 e. The van der Waals surface area contributed by atoms with E-state index in [0.29, 0.717) is 0 Å². The van der Waals surface area contributed by atoms with Crippen LogP contribution < -0.4 is 11.3 Å². The Kier molecular flexibility index (Phi) is 3.31. The van der Waals surface area contributed by atoms with Gasteiger partial charge < -0.3 is 9.80 Å². The van der Waals surface area contributed by atoms with Crippen LogP contribution in [0.5, 0.6) is 0 Å². The number of hydrazine groups is 1. The highest BCUT2D eigenvalue weighted by Gasteiger charge is 2.15. The van der Waals surface area contributed by atoms with Crippen molar-refractivity contribution in [3.63, 3.8) is 0 Å². The van der Waals surface area contributed by atoms with E-state index in [9.17, 15) is 0 Å². The molecule has 1 aliphatic rings. The predicted molar refractivity (Wildman–Crippen MR) is 49.8 cm³/mol. The van der Waals surface area contributed by atoms with E-state index in [1.807, 2.05) is 0 Å². The van der Waals surface area contributed by atoms with Crippen LogP contribution in [0.2, 0.25) is 0 Å². The van der Waals surface area contributed by atoms with Crippen LogP contribution in [0, 0.1) is 0 Å². The Morgan fingerprint density at radius 3 is 2.33 bits per heavy atom. The van der Waals surface area contributed by atoms with Crippen LogP contribution in [0.15, 0.2) is 4.99 Å². The predicted octanol–water partition coefficient (Wildman–Crippen LogP) is -1.32. The van der Waals surface area contributed by atoms with Crippen molar-refractivity contribution in [1.29, 1.82) is 0 Å². The van der Waals surface area contributed by atoms with Gasteiger partial charge in [0, 0.05) is 33.2 Å². The Bertz CT molecular complexity index is 159. The average Bonchev–Trinajstić information content (AvgIpc) is 2.10. The second kappa shape index (κ2) is 4.27. The molecule has 0 bridgehead atoms. The lowest BCUT2D eigenvalue weighted by atomic mass is 10.3. The topological polar surface area (TPSA) is 56.9 Å². The summed E-state index contributed by atoms with van der Waals surface area (Å²) in [4.78, 5) is 8.49. The lowest BCUT2D eigenvalue weighted by Crippen LogP contribution is -2.52. The van der Waals surface area contributed by atoms with Crippen molar-refractivity contribution in [2.45, 2.75) is 0 Å². The standard InChI is InChI=1S/C7H17N5/c1-9-7(10-8)12-5-3-11(2)4-6-12/h3-6,8H2,1-2H3,(H,9,10). The van der Waals surface area contributed by atoms with Crippen molar-refractivity contribution in [3.8, 4) is 0 Å². The molecule has 0 aromatic rings. The third-order valence-electron chi connectivity index (χ3n) is 2.14. The average molecular weight is 171 g/mol. The van der Waals surface area contributed by atoms with Gasteiger partial charge in [-0.1, -0.05) is 0 Å². The number of nitrogens with two attached hydrogens (primary N) is 1. The smallest absolute Gasteiger partial charge is 0.208 e. The number of hydrogen-bond acceptors (Lipinski definition) is 3. The number of aliphatic imine (C=N–C) groups is 1. The van der Waals surface area contributed by atoms with Crippen LogP contribution >= 0.6 is 0 Å². The maximum absolute atomic E-state index is 5.31. The van der Waals surface area contributed by atoms with Crippen molar-refractivity contribution in [3.05, 3.63) is 0 Å². The summed E-state index contributed by atoms with van der Waals surface area (Å²) >= 11 is 0. The third kappa shape index (κ3) is 2.09. The van der Waals surface area contributed by atoms with Crippen molar-refractivity contribution in [2.24, 2.45) is 10.8 Å². The van der Waals surface area contributed by atoms with Gasteiger partial charge in [-0.2, -0.15) is 0 Å². The van der Waals surface area contributed by atoms with E-state index in [0.717, 1.165) is 32.1 Å². The molecule has 1 rings (SSSR count). The fourth-order valence-electron chi connectivity index (χ4n) is 1.32. The molecule has 0 saturated carbocycles. The maximum Gasteiger partial charge on any atom is 0.208 e. The Morgan fingerprint density at radius 1 is 1.33 bits per heavy atom. The first-order valence-corrected chi connectivity index (χ1v) is 4.15. The number of hydrogen-bond donors (Lipinski definition) is 2. The van der Waals surface area contributed by atoms with Gasteiger partial charge in [0.05, 0.1) is 0 Å². The van der Waals surface area contributed by atoms with Crippen LogP contribution in [0.3, 0.4) is 0 Å². The molecule has 0 unspecified atom stereocenters. The lowest BCUT2D eigenvalue weighted by Gasteiger charge is -2.33. The van der Waals surface area contributed by atoms with Gasteiger partial charge in [0.2, 0.25) is 5.96 Å². The van der Waals surface area contributed by atoms with Crippen molar-refractivity contribution >= 4 is 5.96 Å². The number of guanidine groups is 1. The summed E-state index contributed by atoms with van der Waals surface area (Å²) in [5.41, 5.74) is 2.59. The van der Waals surface area contributed by atoms with Gasteiger partial charge in [0.25, 0.3) is 0 Å². The van der Waals surface area contributed by atoms with Crippen LogP contribution in [0.1, 0.15) is 0 Å². The van der Waals surface area contributed by atoms with E-state index < -0.39 is 0 Å². The van der Waals surface area contributed by atoms with Gasteiger partial charge in [-0.15, -0.1) is 0 Å². The van der Waals surface area contributed by atoms with Crippen LogP contribution in [0.25, 0.3) is 0 Å². The van der Waals surface area contributed by atoms with E-state index in [1.54, 1.807) is 7.05 Å². The second-order valence-electron chi connectivity index (χ2n) is 2.98. The fourth-order valence-corrected chi connectivity index (χ4v) is 1.32. The number of rotatable bonds is 0. The Labute approximate surface area is 73.2 Å². The molecule has 0 atom stereocenters. The highest BCUT2D eigenvalue weighted by Crippen LogP contribution is 1.98. The summed E-state index contributed by atoms with van der Waals surface area (Å²) in [6, 6.07) is 0. The van der Waals surface area contributed by atoms with E-state index in [1.165, 1.54) is 0 Å². The summed E-state index contributed by atoms with van der Waals surface area (Å²) in [6.45, 7) is 4.13. The van der Waals surface area contributed by atoms with Crippen molar-refractivity contribution in [1.82, 2.24) is 15.2 Å². The van der Waals surface area contributed by atoms with E-state index in [2.05, 4.69) is 27.3 Å². The molecule has 0 aromatic carbocycles. The van der Waals surface area contributed by atoms with E-state index >= 15 is 0 Å². The lowest BCUT2D eigenvalue weighted by molar-refractivity contribution is 0.211. The van der Waals surface area contributed by atoms with Crippen LogP contribution in [-0.4, -0.2) is 56.0 Å². The number of piperazine rings is 1. The number of likely N-dealkylation sites (N-methyl/N-ethyl adjacent to an activating group) is 1. The zero-order valence-corrected chi connectivity index (χ0v) is 7.75. The highest BCUT2D eigenvalue weighted by molar-refractivity contribution is 5.79. The molecule has 5 heteroatoms. The summed E-state index contributed by atoms with van der Waals surface area (Å²) in [5, 5.41) is 0. The first-order valence-electron chi connectivity index (χ1n) is 4.15. The van der Waals surface area contributed by atoms with Gasteiger partial charge in [0.1, 0.15) is 0 Å². The molecular weight excluding hydrogens is 154 g/mol. The van der Waals surface area contributed by atoms with Gasteiger partial charge in [-0.25, -0.2) is 5.84 Å². The summed E-state index contributed by atoms with van der Waals surface area (Å²) < 4.78 is 0. The molecule has 0 radical (unpaired) electrons. The molecule has 3 N–H and O–H groups in total. The second-order valence-corrected chi connectivity index (χ2v) is 2.98. The van der Waals surface area contributed by atoms with Crippen LogP contribution in [0.4, 0.5) is 0 Å². The van der Waals surface area contributed by atoms with E-state index in [-0.39, 0.29) is 0 Å². The fraction of sp³-hybridized carbons (Fsp3) is 0.857. The molecule has 70 valence electrons. The van der Waals surface area contributed by atoms with Gasteiger partial charge in [-0.3, -0.25) is 10.4 Å². The number of nitrogens with zero attached hydrogens (tertiary/aromatic N) is 3. The molecule has 1 saturated heterocycles. The minimum atomic E-state index is 0.781. The van der Waals surface area contributed by atoms with Crippen LogP contribution in [-0.2, 0) is 0 Å². The Morgan fingerprint density at radius 2 is 1.92 bits per heavy atom. The third-order valence-corrected chi connectivity index (χ3v) is 2.14. The molecule has 12 heavy (non-hydrogen) atoms. The molecule has 1 aliphatic heterocycles. The molecule has 0 aromatic heterocycles. The normalized spacial score (nSPS) is 21.2. The molecule has 1 heterocycles. The molecule has 0 spiro atoms. The first kappa shape index (κ1) is 9.28. The van der Waals surface area contributed by atoms with Gasteiger partial charge in [0.15, 0.2) is 0 Å². The van der Waals surface area contributed by atoms with Crippen molar-refractivity contribution < 1.29 is 0 Å². The summed E-state index contributed by atoms with van der Waals surface area (Å²) in [6.07, 6.45) is 0. The zero-order valence-electron chi connectivity index (χ0n) is 7.75. The monoisotopic (exact) mass is 171 g/mol. The van der Waals surface area contributed by atoms with E-state index in [4.69, 9.17) is 5.84 Å². The summed E-state index contributed by atoms with van der Waals surface area (Å²) in [5.74, 6) is 6.09. The maximum atomic E-state index is 5.31. The summed E-state index contributed by atoms with van der Waals surface area (Å²) in [7, 11) is 3.86.